The summed E-state index contributed by atoms with van der Waals surface area (Å²) in [6.45, 7) is 12.8. The first-order chi connectivity index (χ1) is 27.3. The molecule has 1 N–H and O–H groups in total. The second-order valence-corrected chi connectivity index (χ2v) is 15.9. The number of fused-ring (bicyclic) bond motifs is 4. The van der Waals surface area contributed by atoms with E-state index < -0.39 is 5.97 Å². The third-order valence-corrected chi connectivity index (χ3v) is 12.2. The number of hydrogen-bond donors (Lipinski definition) is 1. The van der Waals surface area contributed by atoms with Crippen LogP contribution in [0.1, 0.15) is 79.8 Å². The molecule has 292 valence electrons. The number of rotatable bonds is 10. The summed E-state index contributed by atoms with van der Waals surface area (Å²) in [5.74, 6) is -0.656. The summed E-state index contributed by atoms with van der Waals surface area (Å²) in [7, 11) is 1.91. The molecule has 0 aliphatic carbocycles. The van der Waals surface area contributed by atoms with Crippen molar-refractivity contribution >= 4 is 62.6 Å². The molecule has 0 fully saturated rings. The molecule has 1 aliphatic rings. The number of halogens is 2. The summed E-state index contributed by atoms with van der Waals surface area (Å²) in [6, 6.07) is 20.8. The molecule has 12 heteroatoms. The molecule has 4 aromatic heterocycles. The maximum Gasteiger partial charge on any atom is 0.354 e. The van der Waals surface area contributed by atoms with Crippen molar-refractivity contribution < 1.29 is 19.4 Å². The van der Waals surface area contributed by atoms with Gasteiger partial charge in [-0.05, 0) is 107 Å². The molecule has 0 radical (unpaired) electrons. The lowest BCUT2D eigenvalue weighted by atomic mass is 9.98. The number of carboxylic acid groups (broad SMARTS) is 1. The lowest BCUT2D eigenvalue weighted by molar-refractivity contribution is 0.0687. The Hall–Kier alpha value is -5.58. The summed E-state index contributed by atoms with van der Waals surface area (Å²) in [5, 5.41) is 18.5. The number of pyridine rings is 1. The van der Waals surface area contributed by atoms with E-state index in [1.807, 2.05) is 113 Å². The number of aryl methyl sites for hydroxylation is 6. The molecule has 0 unspecified atom stereocenters. The van der Waals surface area contributed by atoms with Gasteiger partial charge in [-0.3, -0.25) is 14.5 Å². The average Bonchev–Trinajstić information content (AvgIpc) is 3.77. The van der Waals surface area contributed by atoms with Gasteiger partial charge in [0.1, 0.15) is 11.4 Å². The number of aromatic carboxylic acids is 1. The van der Waals surface area contributed by atoms with Crippen molar-refractivity contribution in [3.05, 3.63) is 128 Å². The maximum atomic E-state index is 15.4. The molecule has 1 amide bonds. The molecule has 1 aliphatic heterocycles. The molecule has 5 heterocycles. The first-order valence-electron chi connectivity index (χ1n) is 19.1. The van der Waals surface area contributed by atoms with E-state index in [4.69, 9.17) is 33.0 Å². The molecule has 10 nitrogen and oxygen atoms in total. The van der Waals surface area contributed by atoms with Gasteiger partial charge in [0.25, 0.3) is 5.91 Å². The van der Waals surface area contributed by atoms with Crippen molar-refractivity contribution in [1.82, 2.24) is 23.9 Å². The molecule has 8 rings (SSSR count). The van der Waals surface area contributed by atoms with E-state index in [1.165, 1.54) is 0 Å². The van der Waals surface area contributed by atoms with E-state index in [0.29, 0.717) is 46.8 Å². The van der Waals surface area contributed by atoms with Gasteiger partial charge in [-0.2, -0.15) is 5.10 Å². The minimum Gasteiger partial charge on any atom is -0.494 e. The Balaban J connectivity index is 1.30. The smallest absolute Gasteiger partial charge is 0.354 e. The largest absolute Gasteiger partial charge is 0.494 e. The normalized spacial score (nSPS) is 14.2. The van der Waals surface area contributed by atoms with Gasteiger partial charge in [-0.25, -0.2) is 4.79 Å². The van der Waals surface area contributed by atoms with Crippen molar-refractivity contribution in [3.8, 4) is 16.9 Å². The predicted octanol–water partition coefficient (Wildman–Crippen LogP) is 10.2. The van der Waals surface area contributed by atoms with Gasteiger partial charge < -0.3 is 23.9 Å². The highest BCUT2D eigenvalue weighted by Crippen LogP contribution is 2.46. The Kier molecular flexibility index (Phi) is 9.90. The minimum absolute atomic E-state index is 0.0402. The molecule has 1 atom stereocenters. The number of carbonyl (C=O) groups excluding carboxylic acids is 1. The van der Waals surface area contributed by atoms with E-state index in [2.05, 4.69) is 16.5 Å². The van der Waals surface area contributed by atoms with Crippen LogP contribution in [0, 0.1) is 34.6 Å². The molecule has 0 spiro atoms. The fourth-order valence-corrected chi connectivity index (χ4v) is 9.07. The van der Waals surface area contributed by atoms with E-state index in [9.17, 15) is 9.90 Å². The molecule has 57 heavy (non-hydrogen) atoms. The van der Waals surface area contributed by atoms with Crippen LogP contribution in [0.5, 0.6) is 5.75 Å². The highest BCUT2D eigenvalue weighted by molar-refractivity contribution is 6.35. The average molecular weight is 804 g/mol. The highest BCUT2D eigenvalue weighted by Gasteiger charge is 2.40. The van der Waals surface area contributed by atoms with E-state index in [0.717, 1.165) is 72.3 Å². The third kappa shape index (κ3) is 6.45. The van der Waals surface area contributed by atoms with Crippen molar-refractivity contribution in [2.75, 3.05) is 18.1 Å². The molecular formula is C45H44Cl2N6O4. The summed E-state index contributed by atoms with van der Waals surface area (Å²) in [5.41, 5.74) is 10.4. The fraction of sp³-hybridized carbons (Fsp3) is 0.289. The molecule has 0 saturated carbocycles. The van der Waals surface area contributed by atoms with E-state index in [-0.39, 0.29) is 30.7 Å². The second-order valence-electron chi connectivity index (χ2n) is 15.1. The Morgan fingerprint density at radius 2 is 1.68 bits per heavy atom. The highest BCUT2D eigenvalue weighted by atomic mass is 35.5. The Morgan fingerprint density at radius 1 is 0.947 bits per heavy atom. The fourth-order valence-electron chi connectivity index (χ4n) is 8.71. The van der Waals surface area contributed by atoms with Crippen LogP contribution in [0.25, 0.3) is 32.9 Å². The van der Waals surface area contributed by atoms with Crippen LogP contribution in [-0.2, 0) is 20.0 Å². The van der Waals surface area contributed by atoms with Gasteiger partial charge in [-0.15, -0.1) is 0 Å². The number of para-hydroxylation sites is 1. The SMILES string of the molecule is Cc1cccc(Cn2c(C(=O)O)c(N3C[C@@H](C)n4c(c(CCCOc5cc(C)c(Cl)c(C)c5)c5ccc(Cl)c(-c6c(C)nn(C)c6C)c54)C3=O)c3ccccc32)n1. The maximum absolute atomic E-state index is 15.4. The van der Waals surface area contributed by atoms with Crippen LogP contribution >= 0.6 is 23.2 Å². The summed E-state index contributed by atoms with van der Waals surface area (Å²) in [4.78, 5) is 35.1. The first kappa shape index (κ1) is 38.3. The quantitative estimate of drug-likeness (QED) is 0.138. The van der Waals surface area contributed by atoms with Crippen molar-refractivity contribution in [3.63, 3.8) is 0 Å². The number of anilines is 1. The molecule has 3 aromatic carbocycles. The van der Waals surface area contributed by atoms with Gasteiger partial charge in [-0.1, -0.05) is 53.5 Å². The minimum atomic E-state index is -1.12. The number of ether oxygens (including phenoxy) is 1. The summed E-state index contributed by atoms with van der Waals surface area (Å²) < 4.78 is 12.0. The zero-order valence-corrected chi connectivity index (χ0v) is 34.6. The third-order valence-electron chi connectivity index (χ3n) is 11.2. The molecule has 0 saturated heterocycles. The van der Waals surface area contributed by atoms with Crippen LogP contribution in [0.15, 0.2) is 66.7 Å². The Morgan fingerprint density at radius 3 is 2.37 bits per heavy atom. The lowest BCUT2D eigenvalue weighted by Crippen LogP contribution is -2.43. The summed E-state index contributed by atoms with van der Waals surface area (Å²) in [6.07, 6.45) is 1.13. The number of aromatic nitrogens is 5. The summed E-state index contributed by atoms with van der Waals surface area (Å²) >= 11 is 13.6. The van der Waals surface area contributed by atoms with E-state index >= 15 is 4.79 Å². The number of nitrogens with zero attached hydrogens (tertiary/aromatic N) is 6. The number of amides is 1. The van der Waals surface area contributed by atoms with Crippen LogP contribution in [0.2, 0.25) is 10.0 Å². The van der Waals surface area contributed by atoms with E-state index in [1.54, 1.807) is 9.47 Å². The van der Waals surface area contributed by atoms with Crippen LogP contribution in [-0.4, -0.2) is 54.0 Å². The lowest BCUT2D eigenvalue weighted by Gasteiger charge is -2.34. The van der Waals surface area contributed by atoms with Crippen LogP contribution < -0.4 is 9.64 Å². The zero-order valence-electron chi connectivity index (χ0n) is 33.1. The van der Waals surface area contributed by atoms with Crippen molar-refractivity contribution in [2.24, 2.45) is 7.05 Å². The number of carbonyl (C=O) groups is 2. The van der Waals surface area contributed by atoms with Crippen molar-refractivity contribution in [1.29, 1.82) is 0 Å². The first-order valence-corrected chi connectivity index (χ1v) is 19.9. The van der Waals surface area contributed by atoms with Crippen LogP contribution in [0.4, 0.5) is 5.69 Å². The zero-order chi connectivity index (χ0) is 40.4. The van der Waals surface area contributed by atoms with Crippen LogP contribution in [0.3, 0.4) is 0 Å². The van der Waals surface area contributed by atoms with Gasteiger partial charge in [0.05, 0.1) is 46.3 Å². The number of hydrogen-bond acceptors (Lipinski definition) is 5. The predicted molar refractivity (Wildman–Crippen MR) is 227 cm³/mol. The molecule has 0 bridgehead atoms. The van der Waals surface area contributed by atoms with Gasteiger partial charge in [0.15, 0.2) is 5.69 Å². The number of benzene rings is 3. The second kappa shape index (κ2) is 14.7. The molecule has 7 aromatic rings. The monoisotopic (exact) mass is 802 g/mol. The van der Waals surface area contributed by atoms with Crippen molar-refractivity contribution in [2.45, 2.75) is 67.0 Å². The number of carboxylic acids is 1. The van der Waals surface area contributed by atoms with Gasteiger partial charge >= 0.3 is 5.97 Å². The Labute approximate surface area is 341 Å². The topological polar surface area (TPSA) is 107 Å². The standard InChI is InChI=1S/C45H44Cl2N6O4/c1-24-20-31(21-25(2)39(24)47)57-19-11-15-32-33-17-18-35(46)38(37-28(5)49-50(7)29(37)6)40(33)53-27(4)22-52(44(54)42(32)53)41-34-14-8-9-16-36(34)51(43(41)45(55)56)23-30-13-10-12-26(3)48-30/h8-10,12-14,16-18,20-21,27H,11,15,19,22-23H2,1-7H3,(H,55,56)/t27-/m1/s1. The Bertz CT molecular complexity index is 2760. The van der Waals surface area contributed by atoms with Gasteiger partial charge in [0.2, 0.25) is 0 Å². The molecular weight excluding hydrogens is 759 g/mol. The van der Waals surface area contributed by atoms with Gasteiger partial charge in [0, 0.05) is 57.9 Å².